The molecule has 23 heavy (non-hydrogen) atoms. The molecule has 0 unspecified atom stereocenters. The first kappa shape index (κ1) is 17.1. The predicted molar refractivity (Wildman–Crippen MR) is 87.1 cm³/mol. The molecule has 1 heterocycles. The molecule has 0 spiro atoms. The van der Waals surface area contributed by atoms with Crippen molar-refractivity contribution in [3.8, 4) is 0 Å². The van der Waals surface area contributed by atoms with E-state index in [1.165, 1.54) is 0 Å². The van der Waals surface area contributed by atoms with Crippen molar-refractivity contribution in [3.05, 3.63) is 46.3 Å². The van der Waals surface area contributed by atoms with Crippen LogP contribution in [0.4, 0.5) is 0 Å². The van der Waals surface area contributed by atoms with Crippen LogP contribution in [-0.4, -0.2) is 25.2 Å². The van der Waals surface area contributed by atoms with Crippen LogP contribution in [0.25, 0.3) is 0 Å². The zero-order valence-corrected chi connectivity index (χ0v) is 14.1. The van der Waals surface area contributed by atoms with Crippen LogP contribution in [0.5, 0.6) is 0 Å². The zero-order chi connectivity index (χ0) is 17.0. The van der Waals surface area contributed by atoms with Crippen molar-refractivity contribution in [2.24, 2.45) is 5.92 Å². The molecule has 2 aliphatic rings. The standard InChI is InChI=1S/C18H23NO4/c1-5-22-17(20)14-11(3)19-12(4)15(18(21)23-6-2)16(14)13-9-7-8-10-13/h7,9-10,16,19H,5-6,8H2,1-4H3. The maximum atomic E-state index is 12.5. The molecule has 0 saturated carbocycles. The fourth-order valence-electron chi connectivity index (χ4n) is 2.98. The molecule has 0 aromatic rings. The Morgan fingerprint density at radius 1 is 1.09 bits per heavy atom. The van der Waals surface area contributed by atoms with Gasteiger partial charge in [0, 0.05) is 11.4 Å². The summed E-state index contributed by atoms with van der Waals surface area (Å²) < 4.78 is 10.4. The van der Waals surface area contributed by atoms with Gasteiger partial charge in [-0.05, 0) is 39.7 Å². The molecule has 0 bridgehead atoms. The van der Waals surface area contributed by atoms with Gasteiger partial charge in [0.1, 0.15) is 0 Å². The second-order valence-electron chi connectivity index (χ2n) is 5.42. The van der Waals surface area contributed by atoms with E-state index < -0.39 is 17.9 Å². The van der Waals surface area contributed by atoms with Gasteiger partial charge in [-0.2, -0.15) is 0 Å². The maximum absolute atomic E-state index is 12.5. The van der Waals surface area contributed by atoms with Crippen LogP contribution in [0.3, 0.4) is 0 Å². The van der Waals surface area contributed by atoms with Gasteiger partial charge in [0.2, 0.25) is 0 Å². The Bertz CT molecular complexity index is 597. The highest BCUT2D eigenvalue weighted by Gasteiger charge is 2.38. The third-order valence-corrected chi connectivity index (χ3v) is 3.88. The lowest BCUT2D eigenvalue weighted by atomic mass is 9.80. The number of esters is 2. The number of hydrogen-bond acceptors (Lipinski definition) is 5. The Morgan fingerprint density at radius 3 is 2.00 bits per heavy atom. The van der Waals surface area contributed by atoms with Crippen molar-refractivity contribution in [2.75, 3.05) is 13.2 Å². The quantitative estimate of drug-likeness (QED) is 0.790. The molecular formula is C18H23NO4. The summed E-state index contributed by atoms with van der Waals surface area (Å²) in [6.07, 6.45) is 6.78. The number of nitrogens with one attached hydrogen (secondary N) is 1. The van der Waals surface area contributed by atoms with Crippen LogP contribution in [0.15, 0.2) is 46.3 Å². The molecule has 124 valence electrons. The van der Waals surface area contributed by atoms with Gasteiger partial charge in [-0.15, -0.1) is 0 Å². The molecule has 0 amide bonds. The Morgan fingerprint density at radius 2 is 1.61 bits per heavy atom. The van der Waals surface area contributed by atoms with E-state index in [1.807, 2.05) is 32.1 Å². The summed E-state index contributed by atoms with van der Waals surface area (Å²) in [4.78, 5) is 24.9. The SMILES string of the molecule is CCOC(=O)C1=C(C)NC(C)=C(C(=O)OCC)C1C1=CCC=C1. The maximum Gasteiger partial charge on any atom is 0.336 e. The predicted octanol–water partition coefficient (Wildman–Crippen LogP) is 2.77. The van der Waals surface area contributed by atoms with E-state index in [9.17, 15) is 9.59 Å². The van der Waals surface area contributed by atoms with Crippen molar-refractivity contribution in [2.45, 2.75) is 34.1 Å². The van der Waals surface area contributed by atoms with E-state index in [4.69, 9.17) is 9.47 Å². The first-order valence-corrected chi connectivity index (χ1v) is 7.90. The molecule has 0 aromatic carbocycles. The van der Waals surface area contributed by atoms with Crippen LogP contribution in [0, 0.1) is 5.92 Å². The molecule has 0 aromatic heterocycles. The van der Waals surface area contributed by atoms with Gasteiger partial charge in [0.15, 0.2) is 0 Å². The fourth-order valence-corrected chi connectivity index (χ4v) is 2.98. The molecule has 1 aliphatic heterocycles. The van der Waals surface area contributed by atoms with E-state index in [0.717, 1.165) is 12.0 Å². The smallest absolute Gasteiger partial charge is 0.336 e. The van der Waals surface area contributed by atoms with E-state index in [-0.39, 0.29) is 13.2 Å². The van der Waals surface area contributed by atoms with E-state index in [0.29, 0.717) is 22.5 Å². The first-order valence-electron chi connectivity index (χ1n) is 7.90. The number of rotatable bonds is 5. The third kappa shape index (κ3) is 3.38. The summed E-state index contributed by atoms with van der Waals surface area (Å²) in [5.41, 5.74) is 3.29. The number of carbonyl (C=O) groups is 2. The third-order valence-electron chi connectivity index (χ3n) is 3.88. The summed E-state index contributed by atoms with van der Waals surface area (Å²) in [6.45, 7) is 7.75. The zero-order valence-electron chi connectivity index (χ0n) is 14.1. The number of hydrogen-bond donors (Lipinski definition) is 1. The van der Waals surface area contributed by atoms with Gasteiger partial charge < -0.3 is 14.8 Å². The Hall–Kier alpha value is -2.30. The molecular weight excluding hydrogens is 294 g/mol. The lowest BCUT2D eigenvalue weighted by molar-refractivity contribution is -0.139. The highest BCUT2D eigenvalue weighted by atomic mass is 16.5. The van der Waals surface area contributed by atoms with Crippen LogP contribution < -0.4 is 5.32 Å². The largest absolute Gasteiger partial charge is 0.463 e. The number of dihydropyridines is 1. The Labute approximate surface area is 136 Å². The van der Waals surface area contributed by atoms with Gasteiger partial charge >= 0.3 is 11.9 Å². The second-order valence-corrected chi connectivity index (χ2v) is 5.42. The van der Waals surface area contributed by atoms with E-state index in [1.54, 1.807) is 13.8 Å². The fraction of sp³-hybridized carbons (Fsp3) is 0.444. The van der Waals surface area contributed by atoms with Gasteiger partial charge in [-0.25, -0.2) is 9.59 Å². The minimum absolute atomic E-state index is 0.286. The normalized spacial score (nSPS) is 18.0. The number of allylic oxidation sites excluding steroid dienone is 6. The van der Waals surface area contributed by atoms with Crippen LogP contribution in [0.2, 0.25) is 0 Å². The topological polar surface area (TPSA) is 64.6 Å². The van der Waals surface area contributed by atoms with Gasteiger partial charge in [-0.3, -0.25) is 0 Å². The Balaban J connectivity index is 2.52. The first-order chi connectivity index (χ1) is 11.0. The lowest BCUT2D eigenvalue weighted by Gasteiger charge is -2.30. The van der Waals surface area contributed by atoms with Crippen molar-refractivity contribution >= 4 is 11.9 Å². The summed E-state index contributed by atoms with van der Waals surface area (Å²) in [7, 11) is 0. The average Bonchev–Trinajstić information content (AvgIpc) is 3.00. The van der Waals surface area contributed by atoms with Crippen molar-refractivity contribution in [1.29, 1.82) is 0 Å². The van der Waals surface area contributed by atoms with E-state index >= 15 is 0 Å². The highest BCUT2D eigenvalue weighted by Crippen LogP contribution is 2.38. The minimum Gasteiger partial charge on any atom is -0.463 e. The summed E-state index contributed by atoms with van der Waals surface area (Å²) in [6, 6.07) is 0. The summed E-state index contributed by atoms with van der Waals surface area (Å²) in [5, 5.41) is 3.12. The van der Waals surface area contributed by atoms with Crippen LogP contribution >= 0.6 is 0 Å². The van der Waals surface area contributed by atoms with Gasteiger partial charge in [0.05, 0.1) is 30.3 Å². The molecule has 1 N–H and O–H groups in total. The molecule has 5 heteroatoms. The number of ether oxygens (including phenoxy) is 2. The van der Waals surface area contributed by atoms with Crippen molar-refractivity contribution in [1.82, 2.24) is 5.32 Å². The summed E-state index contributed by atoms with van der Waals surface area (Å²) in [5.74, 6) is -1.26. The lowest BCUT2D eigenvalue weighted by Crippen LogP contribution is -2.34. The van der Waals surface area contributed by atoms with Crippen molar-refractivity contribution < 1.29 is 19.1 Å². The van der Waals surface area contributed by atoms with Gasteiger partial charge in [0.25, 0.3) is 0 Å². The van der Waals surface area contributed by atoms with Crippen LogP contribution in [0.1, 0.15) is 34.1 Å². The molecule has 0 saturated heterocycles. The van der Waals surface area contributed by atoms with Crippen molar-refractivity contribution in [3.63, 3.8) is 0 Å². The molecule has 0 radical (unpaired) electrons. The monoisotopic (exact) mass is 317 g/mol. The molecule has 0 atom stereocenters. The summed E-state index contributed by atoms with van der Waals surface area (Å²) >= 11 is 0. The molecule has 5 nitrogen and oxygen atoms in total. The minimum atomic E-state index is -0.451. The molecule has 2 rings (SSSR count). The average molecular weight is 317 g/mol. The molecule has 1 aliphatic carbocycles. The highest BCUT2D eigenvalue weighted by molar-refractivity contribution is 5.99. The number of carbonyl (C=O) groups excluding carboxylic acids is 2. The Kier molecular flexibility index (Phi) is 5.42. The van der Waals surface area contributed by atoms with Crippen LogP contribution in [-0.2, 0) is 19.1 Å². The second kappa shape index (κ2) is 7.31. The molecule has 0 fully saturated rings. The van der Waals surface area contributed by atoms with Gasteiger partial charge in [-0.1, -0.05) is 18.2 Å². The van der Waals surface area contributed by atoms with E-state index in [2.05, 4.69) is 5.32 Å².